The Morgan fingerprint density at radius 3 is 2.95 bits per heavy atom. The first kappa shape index (κ1) is 14.9. The maximum Gasteiger partial charge on any atom is 0.167 e. The van der Waals surface area contributed by atoms with Crippen LogP contribution in [-0.2, 0) is 13.0 Å². The second kappa shape index (κ2) is 6.77. The Bertz CT molecular complexity index is 678. The van der Waals surface area contributed by atoms with Crippen LogP contribution < -0.4 is 0 Å². The Morgan fingerprint density at radius 2 is 2.10 bits per heavy atom. The van der Waals surface area contributed by atoms with E-state index < -0.39 is 0 Å². The molecule has 0 fully saturated rings. The number of imidazole rings is 1. The largest absolute Gasteiger partial charge is 0.356 e. The number of para-hydroxylation sites is 1. The topological polar surface area (TPSA) is 43.9 Å². The van der Waals surface area contributed by atoms with Crippen molar-refractivity contribution in [3.8, 4) is 0 Å². The zero-order valence-corrected chi connectivity index (χ0v) is 12.4. The summed E-state index contributed by atoms with van der Waals surface area (Å²) in [5, 5.41) is 5.20. The van der Waals surface area contributed by atoms with Gasteiger partial charge in [-0.05, 0) is 25.0 Å². The van der Waals surface area contributed by atoms with Gasteiger partial charge in [0.25, 0.3) is 0 Å². The summed E-state index contributed by atoms with van der Waals surface area (Å²) in [4.78, 5) is 4.20. The molecule has 0 aliphatic heterocycles. The summed E-state index contributed by atoms with van der Waals surface area (Å²) in [6.45, 7) is 0.675. The van der Waals surface area contributed by atoms with Crippen molar-refractivity contribution in [3.05, 3.63) is 48.2 Å². The smallest absolute Gasteiger partial charge is 0.167 e. The Kier molecular flexibility index (Phi) is 5.04. The Hall–Kier alpha value is -1.52. The van der Waals surface area contributed by atoms with E-state index in [0.717, 1.165) is 29.5 Å². The van der Waals surface area contributed by atoms with Gasteiger partial charge in [-0.3, -0.25) is 0 Å². The molecule has 3 aromatic rings. The summed E-state index contributed by atoms with van der Waals surface area (Å²) in [5.41, 5.74) is 2.92. The van der Waals surface area contributed by atoms with E-state index in [1.807, 2.05) is 36.8 Å². The first-order valence-electron chi connectivity index (χ1n) is 6.27. The lowest BCUT2D eigenvalue weighted by Crippen LogP contribution is -2.04. The summed E-state index contributed by atoms with van der Waals surface area (Å²) in [7, 11) is 0. The second-order valence-electron chi connectivity index (χ2n) is 4.43. The van der Waals surface area contributed by atoms with E-state index in [0.29, 0.717) is 12.4 Å². The van der Waals surface area contributed by atoms with Gasteiger partial charge in [0.1, 0.15) is 5.69 Å². The average molecular weight is 312 g/mol. The number of aromatic nitrogens is 3. The number of benzene rings is 1. The first-order valence-corrected chi connectivity index (χ1v) is 6.80. The van der Waals surface area contributed by atoms with E-state index in [1.54, 1.807) is 0 Å². The van der Waals surface area contributed by atoms with Crippen molar-refractivity contribution in [2.75, 3.05) is 5.88 Å². The van der Waals surface area contributed by atoms with Crippen molar-refractivity contribution in [2.24, 2.45) is 0 Å². The second-order valence-corrected chi connectivity index (χ2v) is 4.81. The average Bonchev–Trinajstić information content (AvgIpc) is 3.05. The molecule has 0 bridgehead atoms. The van der Waals surface area contributed by atoms with Crippen LogP contribution in [-0.4, -0.2) is 20.6 Å². The maximum atomic E-state index is 5.73. The molecule has 0 unspecified atom stereocenters. The molecule has 6 heteroatoms. The van der Waals surface area contributed by atoms with Gasteiger partial charge in [0, 0.05) is 23.2 Å². The van der Waals surface area contributed by atoms with Gasteiger partial charge in [-0.15, -0.1) is 24.0 Å². The van der Waals surface area contributed by atoms with E-state index >= 15 is 0 Å². The number of alkyl halides is 1. The minimum Gasteiger partial charge on any atom is -0.356 e. The zero-order valence-electron chi connectivity index (χ0n) is 10.8. The molecule has 0 aliphatic carbocycles. The fraction of sp³-hybridized carbons (Fsp3) is 0.286. The number of rotatable bonds is 5. The van der Waals surface area contributed by atoms with Crippen LogP contribution in [0.5, 0.6) is 0 Å². The van der Waals surface area contributed by atoms with Gasteiger partial charge in [0.15, 0.2) is 5.58 Å². The molecule has 106 valence electrons. The zero-order chi connectivity index (χ0) is 13.1. The summed E-state index contributed by atoms with van der Waals surface area (Å²) >= 11 is 5.73. The summed E-state index contributed by atoms with van der Waals surface area (Å²) in [5.74, 6) is 0.665. The molecular weight excluding hydrogens is 297 g/mol. The summed E-state index contributed by atoms with van der Waals surface area (Å²) < 4.78 is 7.41. The van der Waals surface area contributed by atoms with Crippen molar-refractivity contribution < 1.29 is 4.52 Å². The fourth-order valence-electron chi connectivity index (χ4n) is 2.16. The molecule has 0 atom stereocenters. The number of halogens is 2. The van der Waals surface area contributed by atoms with Gasteiger partial charge < -0.3 is 9.09 Å². The highest BCUT2D eigenvalue weighted by Gasteiger charge is 2.10. The first-order chi connectivity index (χ1) is 9.38. The SMILES string of the molecule is Cl.ClCCCc1cncn1Cc1noc2ccccc12. The molecule has 1 aromatic carbocycles. The van der Waals surface area contributed by atoms with Crippen LogP contribution in [0.15, 0.2) is 41.3 Å². The fourth-order valence-corrected chi connectivity index (χ4v) is 2.29. The lowest BCUT2D eigenvalue weighted by Gasteiger charge is -2.05. The van der Waals surface area contributed by atoms with Crippen LogP contribution in [0.2, 0.25) is 0 Å². The minimum absolute atomic E-state index is 0. The highest BCUT2D eigenvalue weighted by molar-refractivity contribution is 6.17. The van der Waals surface area contributed by atoms with Gasteiger partial charge in [-0.2, -0.15) is 0 Å². The molecule has 0 N–H and O–H groups in total. The molecule has 2 heterocycles. The van der Waals surface area contributed by atoms with Gasteiger partial charge in [-0.25, -0.2) is 4.98 Å². The highest BCUT2D eigenvalue weighted by Crippen LogP contribution is 2.19. The van der Waals surface area contributed by atoms with Gasteiger partial charge in [0.05, 0.1) is 12.9 Å². The number of fused-ring (bicyclic) bond motifs is 1. The number of nitrogens with zero attached hydrogens (tertiary/aromatic N) is 3. The van der Waals surface area contributed by atoms with Crippen LogP contribution in [0.3, 0.4) is 0 Å². The lowest BCUT2D eigenvalue weighted by molar-refractivity contribution is 0.442. The lowest BCUT2D eigenvalue weighted by atomic mass is 10.2. The standard InChI is InChI=1S/C14H14ClN3O.ClH/c15-7-3-4-11-8-16-10-18(11)9-13-12-5-1-2-6-14(12)19-17-13;/h1-2,5-6,8,10H,3-4,7,9H2;1H. The van der Waals surface area contributed by atoms with Gasteiger partial charge >= 0.3 is 0 Å². The van der Waals surface area contributed by atoms with E-state index in [4.69, 9.17) is 16.1 Å². The normalized spacial score (nSPS) is 10.7. The molecule has 4 nitrogen and oxygen atoms in total. The highest BCUT2D eigenvalue weighted by atomic mass is 35.5. The van der Waals surface area contributed by atoms with Crippen LogP contribution in [0, 0.1) is 0 Å². The predicted octanol–water partition coefficient (Wildman–Crippen LogP) is 3.67. The van der Waals surface area contributed by atoms with Crippen molar-refractivity contribution in [1.82, 2.24) is 14.7 Å². The van der Waals surface area contributed by atoms with Crippen molar-refractivity contribution >= 4 is 35.0 Å². The third-order valence-electron chi connectivity index (χ3n) is 3.14. The number of aryl methyl sites for hydroxylation is 1. The molecule has 2 aromatic heterocycles. The Labute approximate surface area is 128 Å². The quantitative estimate of drug-likeness (QED) is 0.675. The molecule has 0 spiro atoms. The minimum atomic E-state index is 0. The van der Waals surface area contributed by atoms with Crippen molar-refractivity contribution in [3.63, 3.8) is 0 Å². The van der Waals surface area contributed by atoms with E-state index in [1.165, 1.54) is 5.69 Å². The maximum absolute atomic E-state index is 5.73. The molecule has 0 saturated carbocycles. The molecule has 3 rings (SSSR count). The van der Waals surface area contributed by atoms with E-state index in [9.17, 15) is 0 Å². The van der Waals surface area contributed by atoms with Crippen molar-refractivity contribution in [2.45, 2.75) is 19.4 Å². The summed E-state index contributed by atoms with van der Waals surface area (Å²) in [6.07, 6.45) is 5.59. The van der Waals surface area contributed by atoms with Crippen LogP contribution >= 0.6 is 24.0 Å². The third-order valence-corrected chi connectivity index (χ3v) is 3.40. The molecule has 0 radical (unpaired) electrons. The van der Waals surface area contributed by atoms with Crippen LogP contribution in [0.25, 0.3) is 11.0 Å². The molecular formula is C14H15Cl2N3O. The Balaban J connectivity index is 0.00000147. The third kappa shape index (κ3) is 2.97. The predicted molar refractivity (Wildman–Crippen MR) is 81.6 cm³/mol. The molecule has 0 aliphatic rings. The van der Waals surface area contributed by atoms with Gasteiger partial charge in [-0.1, -0.05) is 17.3 Å². The summed E-state index contributed by atoms with van der Waals surface area (Å²) in [6, 6.07) is 7.89. The van der Waals surface area contributed by atoms with Crippen LogP contribution in [0.1, 0.15) is 17.8 Å². The molecule has 20 heavy (non-hydrogen) atoms. The molecule has 0 saturated heterocycles. The number of hydrogen-bond acceptors (Lipinski definition) is 3. The number of hydrogen-bond donors (Lipinski definition) is 0. The monoisotopic (exact) mass is 311 g/mol. The van der Waals surface area contributed by atoms with Crippen LogP contribution in [0.4, 0.5) is 0 Å². The Morgan fingerprint density at radius 1 is 1.25 bits per heavy atom. The van der Waals surface area contributed by atoms with Crippen molar-refractivity contribution in [1.29, 1.82) is 0 Å². The van der Waals surface area contributed by atoms with Gasteiger partial charge in [0.2, 0.25) is 0 Å². The van der Waals surface area contributed by atoms with E-state index in [2.05, 4.69) is 14.7 Å². The van der Waals surface area contributed by atoms with E-state index in [-0.39, 0.29) is 12.4 Å². The molecule has 0 amide bonds.